The van der Waals surface area contributed by atoms with Crippen LogP contribution in [0.3, 0.4) is 0 Å². The molecule has 0 saturated carbocycles. The number of carboxylic acid groups (broad SMARTS) is 1. The molecule has 0 spiro atoms. The molecule has 0 saturated heterocycles. The number of amides is 1. The lowest BCUT2D eigenvalue weighted by atomic mass is 10.2. The summed E-state index contributed by atoms with van der Waals surface area (Å²) < 4.78 is 44.2. The molecule has 0 radical (unpaired) electrons. The molecule has 1 atom stereocenters. The molecule has 6 nitrogen and oxygen atoms in total. The molecular formula is C12H12F3NO5. The minimum atomic E-state index is -4.82. The maximum absolute atomic E-state index is 12.0. The molecule has 0 aromatic heterocycles. The second-order valence-corrected chi connectivity index (χ2v) is 3.89. The molecule has 1 amide bonds. The fourth-order valence-electron chi connectivity index (χ4n) is 1.39. The smallest absolute Gasteiger partial charge is 0.480 e. The average Bonchev–Trinajstić information content (AvgIpc) is 2.36. The van der Waals surface area contributed by atoms with Gasteiger partial charge in [-0.05, 0) is 24.3 Å². The van der Waals surface area contributed by atoms with E-state index >= 15 is 0 Å². The second-order valence-electron chi connectivity index (χ2n) is 3.89. The number of ether oxygens (including phenoxy) is 2. The minimum Gasteiger partial charge on any atom is -0.480 e. The standard InChI is InChI=1S/C12H12F3NO5/c1-20-6-9(11(18)19)16-10(17)7-2-4-8(5-3-7)21-12(13,14)15/h2-5,9H,6H2,1H3,(H,16,17)(H,18,19). The predicted octanol–water partition coefficient (Wildman–Crippen LogP) is 1.41. The van der Waals surface area contributed by atoms with E-state index in [9.17, 15) is 22.8 Å². The van der Waals surface area contributed by atoms with Gasteiger partial charge in [0.15, 0.2) is 6.04 Å². The van der Waals surface area contributed by atoms with Crippen LogP contribution < -0.4 is 10.1 Å². The zero-order valence-corrected chi connectivity index (χ0v) is 10.8. The van der Waals surface area contributed by atoms with Crippen molar-refractivity contribution in [3.8, 4) is 5.75 Å². The van der Waals surface area contributed by atoms with E-state index in [4.69, 9.17) is 5.11 Å². The van der Waals surface area contributed by atoms with Crippen LogP contribution in [-0.2, 0) is 9.53 Å². The first-order chi connectivity index (χ1) is 9.73. The molecule has 1 aromatic rings. The quantitative estimate of drug-likeness (QED) is 0.830. The number of hydrogen-bond donors (Lipinski definition) is 2. The topological polar surface area (TPSA) is 84.9 Å². The number of hydrogen-bond acceptors (Lipinski definition) is 4. The monoisotopic (exact) mass is 307 g/mol. The lowest BCUT2D eigenvalue weighted by molar-refractivity contribution is -0.274. The summed E-state index contributed by atoms with van der Waals surface area (Å²) in [6.07, 6.45) is -4.82. The molecular weight excluding hydrogens is 295 g/mol. The normalized spacial score (nSPS) is 12.6. The van der Waals surface area contributed by atoms with Crippen LogP contribution in [0, 0.1) is 0 Å². The highest BCUT2D eigenvalue weighted by molar-refractivity contribution is 5.96. The number of carbonyl (C=O) groups excluding carboxylic acids is 1. The third-order valence-electron chi connectivity index (χ3n) is 2.29. The molecule has 9 heteroatoms. The van der Waals surface area contributed by atoms with E-state index in [-0.39, 0.29) is 12.2 Å². The Balaban J connectivity index is 2.72. The van der Waals surface area contributed by atoms with Gasteiger partial charge in [0, 0.05) is 12.7 Å². The number of nitrogens with one attached hydrogen (secondary N) is 1. The maximum atomic E-state index is 12.0. The molecule has 21 heavy (non-hydrogen) atoms. The van der Waals surface area contributed by atoms with Gasteiger partial charge in [-0.2, -0.15) is 0 Å². The summed E-state index contributed by atoms with van der Waals surface area (Å²) in [4.78, 5) is 22.6. The number of benzene rings is 1. The van der Waals surface area contributed by atoms with Gasteiger partial charge in [-0.15, -0.1) is 13.2 Å². The minimum absolute atomic E-state index is 0.00752. The fourth-order valence-corrected chi connectivity index (χ4v) is 1.39. The van der Waals surface area contributed by atoms with Crippen LogP contribution in [0.1, 0.15) is 10.4 Å². The van der Waals surface area contributed by atoms with Crippen molar-refractivity contribution in [3.05, 3.63) is 29.8 Å². The molecule has 0 aliphatic carbocycles. The Morgan fingerprint density at radius 1 is 1.29 bits per heavy atom. The van der Waals surface area contributed by atoms with Gasteiger partial charge in [-0.25, -0.2) is 4.79 Å². The first-order valence-electron chi connectivity index (χ1n) is 5.61. The van der Waals surface area contributed by atoms with Gasteiger partial charge in [-0.1, -0.05) is 0 Å². The number of aliphatic carboxylic acids is 1. The van der Waals surface area contributed by atoms with Crippen molar-refractivity contribution < 1.29 is 37.3 Å². The first-order valence-corrected chi connectivity index (χ1v) is 5.61. The van der Waals surface area contributed by atoms with Gasteiger partial charge in [0.05, 0.1) is 6.61 Å². The molecule has 1 rings (SSSR count). The Bertz CT molecular complexity index is 501. The average molecular weight is 307 g/mol. The zero-order chi connectivity index (χ0) is 16.0. The number of halogens is 3. The molecule has 0 heterocycles. The largest absolute Gasteiger partial charge is 0.573 e. The number of rotatable bonds is 6. The number of alkyl halides is 3. The van der Waals surface area contributed by atoms with Gasteiger partial charge >= 0.3 is 12.3 Å². The molecule has 1 aromatic carbocycles. The Hall–Kier alpha value is -2.29. The second kappa shape index (κ2) is 6.93. The van der Waals surface area contributed by atoms with Crippen LogP contribution in [0.15, 0.2) is 24.3 Å². The van der Waals surface area contributed by atoms with E-state index in [1.54, 1.807) is 0 Å². The molecule has 2 N–H and O–H groups in total. The third-order valence-corrected chi connectivity index (χ3v) is 2.29. The summed E-state index contributed by atoms with van der Waals surface area (Å²) in [6.45, 7) is -0.240. The lowest BCUT2D eigenvalue weighted by Crippen LogP contribution is -2.43. The Morgan fingerprint density at radius 2 is 1.86 bits per heavy atom. The van der Waals surface area contributed by atoms with Crippen molar-refractivity contribution >= 4 is 11.9 Å². The third kappa shape index (κ3) is 5.69. The van der Waals surface area contributed by atoms with Crippen LogP contribution in [-0.4, -0.2) is 43.1 Å². The van der Waals surface area contributed by atoms with Gasteiger partial charge in [0.1, 0.15) is 5.75 Å². The van der Waals surface area contributed by atoms with E-state index in [0.717, 1.165) is 24.3 Å². The number of carbonyl (C=O) groups is 2. The van der Waals surface area contributed by atoms with Crippen molar-refractivity contribution in [1.82, 2.24) is 5.32 Å². The lowest BCUT2D eigenvalue weighted by Gasteiger charge is -2.14. The predicted molar refractivity (Wildman–Crippen MR) is 63.9 cm³/mol. The molecule has 0 aliphatic heterocycles. The highest BCUT2D eigenvalue weighted by Gasteiger charge is 2.31. The molecule has 1 unspecified atom stereocenters. The van der Waals surface area contributed by atoms with Crippen LogP contribution in [0.2, 0.25) is 0 Å². The maximum Gasteiger partial charge on any atom is 0.573 e. The van der Waals surface area contributed by atoms with Gasteiger partial charge in [-0.3, -0.25) is 4.79 Å². The summed E-state index contributed by atoms with van der Waals surface area (Å²) in [6, 6.07) is 2.82. The van der Waals surface area contributed by atoms with E-state index < -0.39 is 30.0 Å². The van der Waals surface area contributed by atoms with E-state index in [0.29, 0.717) is 0 Å². The highest BCUT2D eigenvalue weighted by Crippen LogP contribution is 2.22. The number of methoxy groups -OCH3 is 1. The van der Waals surface area contributed by atoms with Crippen LogP contribution in [0.25, 0.3) is 0 Å². The fraction of sp³-hybridized carbons (Fsp3) is 0.333. The van der Waals surface area contributed by atoms with Crippen LogP contribution in [0.5, 0.6) is 5.75 Å². The Kier molecular flexibility index (Phi) is 5.53. The first kappa shape index (κ1) is 16.8. The Labute approximate surface area is 117 Å². The van der Waals surface area contributed by atoms with Crippen molar-refractivity contribution in [2.24, 2.45) is 0 Å². The Morgan fingerprint density at radius 3 is 2.29 bits per heavy atom. The molecule has 116 valence electrons. The van der Waals surface area contributed by atoms with E-state index in [2.05, 4.69) is 14.8 Å². The van der Waals surface area contributed by atoms with E-state index in [1.807, 2.05) is 0 Å². The van der Waals surface area contributed by atoms with Crippen molar-refractivity contribution in [1.29, 1.82) is 0 Å². The van der Waals surface area contributed by atoms with Crippen LogP contribution >= 0.6 is 0 Å². The highest BCUT2D eigenvalue weighted by atomic mass is 19.4. The molecule has 0 fully saturated rings. The van der Waals surface area contributed by atoms with Crippen molar-refractivity contribution in [2.75, 3.05) is 13.7 Å². The SMILES string of the molecule is COCC(NC(=O)c1ccc(OC(F)(F)F)cc1)C(=O)O. The molecule has 0 aliphatic rings. The van der Waals surface area contributed by atoms with Gasteiger partial charge in [0.25, 0.3) is 5.91 Å². The zero-order valence-electron chi connectivity index (χ0n) is 10.8. The summed E-state index contributed by atoms with van der Waals surface area (Å²) in [5.74, 6) is -2.52. The summed E-state index contributed by atoms with van der Waals surface area (Å²) >= 11 is 0. The van der Waals surface area contributed by atoms with Crippen molar-refractivity contribution in [3.63, 3.8) is 0 Å². The van der Waals surface area contributed by atoms with E-state index in [1.165, 1.54) is 7.11 Å². The molecule has 0 bridgehead atoms. The van der Waals surface area contributed by atoms with Gasteiger partial charge in [0.2, 0.25) is 0 Å². The number of carboxylic acids is 1. The van der Waals surface area contributed by atoms with Gasteiger partial charge < -0.3 is 19.9 Å². The van der Waals surface area contributed by atoms with Crippen molar-refractivity contribution in [2.45, 2.75) is 12.4 Å². The summed E-state index contributed by atoms with van der Waals surface area (Å²) in [5, 5.41) is 11.0. The van der Waals surface area contributed by atoms with Crippen LogP contribution in [0.4, 0.5) is 13.2 Å². The summed E-state index contributed by atoms with van der Waals surface area (Å²) in [7, 11) is 1.27. The summed E-state index contributed by atoms with van der Waals surface area (Å²) in [5.41, 5.74) is -0.00752.